The predicted molar refractivity (Wildman–Crippen MR) is 68.8 cm³/mol. The number of H-pyrrole nitrogens is 1. The van der Waals surface area contributed by atoms with E-state index in [4.69, 9.17) is 0 Å². The Morgan fingerprint density at radius 3 is 2.62 bits per heavy atom. The molecule has 1 aromatic heterocycles. The zero-order valence-electron chi connectivity index (χ0n) is 10.6. The minimum Gasteiger partial charge on any atom is -0.316 e. The quantitative estimate of drug-likeness (QED) is 0.721. The van der Waals surface area contributed by atoms with Crippen LogP contribution in [0.2, 0.25) is 0 Å². The van der Waals surface area contributed by atoms with E-state index in [2.05, 4.69) is 34.3 Å². The number of nitrogens with one attached hydrogen (secondary N) is 2. The Balaban J connectivity index is 2.59. The zero-order valence-corrected chi connectivity index (χ0v) is 11.4. The highest BCUT2D eigenvalue weighted by Gasteiger charge is 2.20. The van der Waals surface area contributed by atoms with E-state index in [0.29, 0.717) is 11.3 Å². The molecule has 1 heterocycles. The van der Waals surface area contributed by atoms with Crippen molar-refractivity contribution in [3.63, 3.8) is 0 Å². The molecular weight excluding hydrogens is 220 g/mol. The smallest absolute Gasteiger partial charge is 0.208 e. The Labute approximate surface area is 102 Å². The molecule has 0 saturated carbocycles. The second-order valence-electron chi connectivity index (χ2n) is 3.95. The third-order valence-electron chi connectivity index (χ3n) is 2.66. The Morgan fingerprint density at radius 2 is 2.19 bits per heavy atom. The van der Waals surface area contributed by atoms with Gasteiger partial charge in [-0.3, -0.25) is 5.10 Å². The summed E-state index contributed by atoms with van der Waals surface area (Å²) in [6.45, 7) is 6.37. The van der Waals surface area contributed by atoms with Crippen LogP contribution in [0.25, 0.3) is 0 Å². The molecule has 0 fully saturated rings. The average Bonchev–Trinajstić information content (AvgIpc) is 2.69. The largest absolute Gasteiger partial charge is 0.316 e. The molecule has 4 nitrogen and oxygen atoms in total. The number of aryl methyl sites for hydroxylation is 1. The van der Waals surface area contributed by atoms with Gasteiger partial charge in [-0.2, -0.15) is 0 Å². The van der Waals surface area contributed by atoms with Crippen molar-refractivity contribution in [3.8, 4) is 0 Å². The first-order chi connectivity index (χ1) is 7.71. The number of nitrogens with zero attached hydrogens (tertiary/aromatic N) is 2. The fourth-order valence-corrected chi connectivity index (χ4v) is 2.95. The molecule has 16 heavy (non-hydrogen) atoms. The first kappa shape index (κ1) is 13.5. The third-order valence-corrected chi connectivity index (χ3v) is 4.01. The van der Waals surface area contributed by atoms with E-state index in [1.54, 1.807) is 11.8 Å². The molecule has 0 bridgehead atoms. The fraction of sp³-hybridized carbons (Fsp3) is 0.818. The van der Waals surface area contributed by atoms with Crippen LogP contribution in [-0.2, 0) is 0 Å². The minimum atomic E-state index is 0.541. The van der Waals surface area contributed by atoms with Crippen LogP contribution in [0.3, 0.4) is 0 Å². The summed E-state index contributed by atoms with van der Waals surface area (Å²) in [5.74, 6) is 0.883. The molecule has 2 unspecified atom stereocenters. The van der Waals surface area contributed by atoms with E-state index in [1.165, 1.54) is 12.8 Å². The molecule has 0 aliphatic heterocycles. The van der Waals surface area contributed by atoms with Gasteiger partial charge in [-0.15, -0.1) is 5.10 Å². The van der Waals surface area contributed by atoms with E-state index in [0.717, 1.165) is 17.4 Å². The number of aromatic nitrogens is 3. The summed E-state index contributed by atoms with van der Waals surface area (Å²) < 4.78 is 0. The summed E-state index contributed by atoms with van der Waals surface area (Å²) in [7, 11) is 2.03. The van der Waals surface area contributed by atoms with Gasteiger partial charge >= 0.3 is 0 Å². The second-order valence-corrected chi connectivity index (χ2v) is 5.16. The monoisotopic (exact) mass is 242 g/mol. The van der Waals surface area contributed by atoms with Crippen LogP contribution in [0.15, 0.2) is 5.16 Å². The molecule has 92 valence electrons. The van der Waals surface area contributed by atoms with Gasteiger partial charge in [0.25, 0.3) is 0 Å². The summed E-state index contributed by atoms with van der Waals surface area (Å²) in [6, 6.07) is 0.541. The van der Waals surface area contributed by atoms with Crippen molar-refractivity contribution < 1.29 is 0 Å². The number of hydrogen-bond acceptors (Lipinski definition) is 4. The van der Waals surface area contributed by atoms with E-state index < -0.39 is 0 Å². The topological polar surface area (TPSA) is 53.6 Å². The summed E-state index contributed by atoms with van der Waals surface area (Å²) in [5, 5.41) is 11.9. The van der Waals surface area contributed by atoms with Crippen LogP contribution in [0, 0.1) is 6.92 Å². The molecule has 0 amide bonds. The number of hydrogen-bond donors (Lipinski definition) is 2. The highest BCUT2D eigenvalue weighted by Crippen LogP contribution is 2.26. The van der Waals surface area contributed by atoms with Crippen molar-refractivity contribution in [2.75, 3.05) is 7.05 Å². The molecule has 2 atom stereocenters. The standard InChI is InChI=1S/C11H22N4S/c1-5-7-9(12-4)10(6-2)16-11-13-8(3)14-15-11/h9-10,12H,5-7H2,1-4H3,(H,13,14,15). The highest BCUT2D eigenvalue weighted by atomic mass is 32.2. The van der Waals surface area contributed by atoms with Gasteiger partial charge < -0.3 is 5.32 Å². The van der Waals surface area contributed by atoms with Crippen molar-refractivity contribution >= 4 is 11.8 Å². The van der Waals surface area contributed by atoms with Gasteiger partial charge in [0.1, 0.15) is 5.82 Å². The SMILES string of the molecule is CCCC(NC)C(CC)Sc1n[nH]c(C)n1. The first-order valence-corrected chi connectivity index (χ1v) is 6.82. The lowest BCUT2D eigenvalue weighted by atomic mass is 10.1. The minimum absolute atomic E-state index is 0.541. The molecule has 0 aliphatic rings. The molecule has 0 radical (unpaired) electrons. The lowest BCUT2D eigenvalue weighted by Gasteiger charge is -2.23. The van der Waals surface area contributed by atoms with Crippen molar-refractivity contribution in [2.45, 2.75) is 56.5 Å². The van der Waals surface area contributed by atoms with Crippen molar-refractivity contribution in [1.82, 2.24) is 20.5 Å². The Kier molecular flexibility index (Phi) is 5.84. The molecule has 0 saturated heterocycles. The normalized spacial score (nSPS) is 15.0. The molecule has 0 aliphatic carbocycles. The Hall–Kier alpha value is -0.550. The van der Waals surface area contributed by atoms with Crippen LogP contribution >= 0.6 is 11.8 Å². The molecule has 2 N–H and O–H groups in total. The maximum Gasteiger partial charge on any atom is 0.208 e. The summed E-state index contributed by atoms with van der Waals surface area (Å²) in [5.41, 5.74) is 0. The molecule has 5 heteroatoms. The van der Waals surface area contributed by atoms with E-state index >= 15 is 0 Å². The van der Waals surface area contributed by atoms with E-state index in [1.807, 2.05) is 14.0 Å². The van der Waals surface area contributed by atoms with Gasteiger partial charge in [0, 0.05) is 11.3 Å². The lowest BCUT2D eigenvalue weighted by molar-refractivity contribution is 0.489. The van der Waals surface area contributed by atoms with E-state index in [9.17, 15) is 0 Å². The summed E-state index contributed by atoms with van der Waals surface area (Å²) in [4.78, 5) is 4.34. The molecular formula is C11H22N4S. The van der Waals surface area contributed by atoms with Crippen molar-refractivity contribution in [3.05, 3.63) is 5.82 Å². The zero-order chi connectivity index (χ0) is 12.0. The number of thioether (sulfide) groups is 1. The maximum atomic E-state index is 4.34. The molecule has 1 aromatic rings. The summed E-state index contributed by atoms with van der Waals surface area (Å²) in [6.07, 6.45) is 3.53. The highest BCUT2D eigenvalue weighted by molar-refractivity contribution is 7.99. The van der Waals surface area contributed by atoms with Gasteiger partial charge in [0.15, 0.2) is 0 Å². The maximum absolute atomic E-state index is 4.34. The van der Waals surface area contributed by atoms with Crippen molar-refractivity contribution in [1.29, 1.82) is 0 Å². The molecule has 0 spiro atoms. The third kappa shape index (κ3) is 3.79. The molecule has 0 aromatic carbocycles. The fourth-order valence-electron chi connectivity index (χ4n) is 1.79. The van der Waals surface area contributed by atoms with Crippen LogP contribution in [0.4, 0.5) is 0 Å². The number of aromatic amines is 1. The van der Waals surface area contributed by atoms with Gasteiger partial charge in [0.05, 0.1) is 0 Å². The van der Waals surface area contributed by atoms with Crippen LogP contribution in [-0.4, -0.2) is 33.5 Å². The van der Waals surface area contributed by atoms with Crippen LogP contribution < -0.4 is 5.32 Å². The Bertz CT molecular complexity index is 300. The van der Waals surface area contributed by atoms with Gasteiger partial charge in [-0.1, -0.05) is 32.0 Å². The van der Waals surface area contributed by atoms with Gasteiger partial charge in [0.2, 0.25) is 5.16 Å². The van der Waals surface area contributed by atoms with E-state index in [-0.39, 0.29) is 0 Å². The predicted octanol–water partition coefficient (Wildman–Crippen LogP) is 2.37. The van der Waals surface area contributed by atoms with Crippen LogP contribution in [0.5, 0.6) is 0 Å². The number of rotatable bonds is 7. The van der Waals surface area contributed by atoms with Gasteiger partial charge in [-0.25, -0.2) is 4.98 Å². The van der Waals surface area contributed by atoms with Crippen LogP contribution in [0.1, 0.15) is 38.9 Å². The first-order valence-electron chi connectivity index (χ1n) is 5.94. The van der Waals surface area contributed by atoms with Gasteiger partial charge in [-0.05, 0) is 26.8 Å². The lowest BCUT2D eigenvalue weighted by Crippen LogP contribution is -2.35. The summed E-state index contributed by atoms with van der Waals surface area (Å²) >= 11 is 1.77. The average molecular weight is 242 g/mol. The second kappa shape index (κ2) is 6.91. The van der Waals surface area contributed by atoms with Crippen molar-refractivity contribution in [2.24, 2.45) is 0 Å². The molecule has 1 rings (SSSR count). The Morgan fingerprint density at radius 1 is 1.44 bits per heavy atom.